The molecule has 2 aliphatic carbocycles. The first-order chi connectivity index (χ1) is 18.0. The van der Waals surface area contributed by atoms with Crippen molar-refractivity contribution in [1.29, 1.82) is 0 Å². The van der Waals surface area contributed by atoms with Crippen LogP contribution in [0, 0.1) is 0 Å². The first kappa shape index (κ1) is 21.4. The molecule has 5 atom stereocenters. The zero-order valence-corrected chi connectivity index (χ0v) is 21.1. The molecule has 1 fully saturated rings. The topological polar surface area (TPSA) is 83.0 Å². The van der Waals surface area contributed by atoms with E-state index in [9.17, 15) is 9.59 Å². The van der Waals surface area contributed by atoms with E-state index in [2.05, 4.69) is 34.2 Å². The Morgan fingerprint density at radius 1 is 1.11 bits per heavy atom. The van der Waals surface area contributed by atoms with E-state index in [0.717, 1.165) is 12.1 Å². The predicted octanol–water partition coefficient (Wildman–Crippen LogP) is 1.80. The molecular weight excluding hydrogens is 490 g/mol. The summed E-state index contributed by atoms with van der Waals surface area (Å²) >= 11 is 5.14. The number of nitrogens with zero attached hydrogens (tertiary/aromatic N) is 5. The van der Waals surface area contributed by atoms with Crippen molar-refractivity contribution in [3.8, 4) is 17.2 Å². The first-order valence-electron chi connectivity index (χ1n) is 12.4. The third-order valence-electron chi connectivity index (χ3n) is 9.43. The molecule has 2 unspecified atom stereocenters. The number of hydrogen-bond donors (Lipinski definition) is 0. The van der Waals surface area contributed by atoms with Crippen LogP contribution in [0.4, 0.5) is 0 Å². The number of rotatable bonds is 3. The van der Waals surface area contributed by atoms with Crippen molar-refractivity contribution < 1.29 is 9.47 Å². The molecule has 0 N–H and O–H groups in total. The molecule has 5 heterocycles. The molecule has 6 aliphatic rings. The van der Waals surface area contributed by atoms with Gasteiger partial charge in [0.15, 0.2) is 17.6 Å². The monoisotopic (exact) mass is 513 g/mol. The molecule has 4 bridgehead atoms. The Balaban J connectivity index is 1.58. The van der Waals surface area contributed by atoms with Crippen molar-refractivity contribution in [3.05, 3.63) is 86.7 Å². The van der Waals surface area contributed by atoms with Crippen LogP contribution in [0.25, 0.3) is 5.69 Å². The summed E-state index contributed by atoms with van der Waals surface area (Å²) in [6.45, 7) is 0.811. The average Bonchev–Trinajstić information content (AvgIpc) is 3.41. The van der Waals surface area contributed by atoms with Gasteiger partial charge in [-0.2, -0.15) is 9.67 Å². The number of piperidine rings is 1. The summed E-state index contributed by atoms with van der Waals surface area (Å²) < 4.78 is 16.9. The molecule has 2 spiro atoms. The van der Waals surface area contributed by atoms with E-state index < -0.39 is 34.1 Å². The third kappa shape index (κ3) is 2.01. The maximum absolute atomic E-state index is 14.4. The summed E-state index contributed by atoms with van der Waals surface area (Å²) in [6.07, 6.45) is 4.81. The molecule has 4 aliphatic heterocycles. The number of likely N-dealkylation sites (tertiary alicyclic amines) is 1. The van der Waals surface area contributed by atoms with Crippen LogP contribution in [-0.2, 0) is 23.0 Å². The van der Waals surface area contributed by atoms with Gasteiger partial charge in [-0.1, -0.05) is 30.3 Å². The summed E-state index contributed by atoms with van der Waals surface area (Å²) in [7, 11) is 3.72. The Hall–Kier alpha value is -3.72. The van der Waals surface area contributed by atoms with Crippen LogP contribution in [-0.4, -0.2) is 56.8 Å². The number of likely N-dealkylation sites (N-methyl/N-ethyl adjacent to an activating group) is 1. The summed E-state index contributed by atoms with van der Waals surface area (Å²) in [5.74, 6) is 1.31. The largest absolute Gasteiger partial charge is 0.493 e. The Kier molecular flexibility index (Phi) is 3.80. The summed E-state index contributed by atoms with van der Waals surface area (Å²) in [4.78, 5) is 35.6. The van der Waals surface area contributed by atoms with Crippen LogP contribution in [0.5, 0.6) is 11.5 Å². The normalized spacial score (nSPS) is 33.4. The lowest BCUT2D eigenvalue weighted by Gasteiger charge is -2.67. The molecule has 9 rings (SSSR count). The third-order valence-corrected chi connectivity index (χ3v) is 9.52. The minimum absolute atomic E-state index is 0.0832. The lowest BCUT2D eigenvalue weighted by Crippen LogP contribution is -2.83. The number of isothiocyanates is 1. The Bertz CT molecular complexity index is 1730. The number of thiocarbonyl (C=S) groups is 1. The maximum atomic E-state index is 14.4. The molecule has 0 amide bonds. The first-order valence-corrected chi connectivity index (χ1v) is 12.8. The lowest BCUT2D eigenvalue weighted by molar-refractivity contribution is -0.143. The van der Waals surface area contributed by atoms with Gasteiger partial charge in [-0.05, 0) is 68.5 Å². The van der Waals surface area contributed by atoms with E-state index in [4.69, 9.17) is 21.7 Å². The minimum atomic E-state index is -1.38. The highest BCUT2D eigenvalue weighted by Gasteiger charge is 2.80. The lowest BCUT2D eigenvalue weighted by atomic mass is 9.47. The van der Waals surface area contributed by atoms with Crippen molar-refractivity contribution in [2.75, 3.05) is 20.7 Å². The van der Waals surface area contributed by atoms with Crippen LogP contribution in [0.2, 0.25) is 0 Å². The second-order valence-corrected chi connectivity index (χ2v) is 10.7. The van der Waals surface area contributed by atoms with E-state index in [1.807, 2.05) is 30.3 Å². The van der Waals surface area contributed by atoms with E-state index in [-0.39, 0.29) is 6.04 Å². The average molecular weight is 514 g/mol. The van der Waals surface area contributed by atoms with Crippen molar-refractivity contribution in [1.82, 2.24) is 18.8 Å². The molecule has 0 saturated carbocycles. The van der Waals surface area contributed by atoms with Gasteiger partial charge in [0.25, 0.3) is 0 Å². The summed E-state index contributed by atoms with van der Waals surface area (Å²) in [5, 5.41) is 2.53. The summed E-state index contributed by atoms with van der Waals surface area (Å²) in [6, 6.07) is 13.0. The fraction of sp³-hybridized carbons (Fsp3) is 0.370. The highest BCUT2D eigenvalue weighted by Crippen LogP contribution is 2.70. The van der Waals surface area contributed by atoms with Gasteiger partial charge in [0.05, 0.1) is 23.4 Å². The van der Waals surface area contributed by atoms with Gasteiger partial charge in [0, 0.05) is 11.6 Å². The fourth-order valence-electron chi connectivity index (χ4n) is 8.14. The van der Waals surface area contributed by atoms with Crippen molar-refractivity contribution in [2.45, 2.75) is 41.6 Å². The van der Waals surface area contributed by atoms with E-state index in [1.54, 1.807) is 23.9 Å². The van der Waals surface area contributed by atoms with Crippen LogP contribution >= 0.6 is 12.2 Å². The highest BCUT2D eigenvalue weighted by atomic mass is 32.1. The van der Waals surface area contributed by atoms with Crippen LogP contribution in [0.3, 0.4) is 0 Å². The van der Waals surface area contributed by atoms with Crippen molar-refractivity contribution >= 4 is 17.4 Å². The molecule has 37 heavy (non-hydrogen) atoms. The fourth-order valence-corrected chi connectivity index (χ4v) is 8.29. The van der Waals surface area contributed by atoms with E-state index >= 15 is 0 Å². The van der Waals surface area contributed by atoms with Gasteiger partial charge in [-0.25, -0.2) is 18.8 Å². The number of aromatic nitrogens is 3. The van der Waals surface area contributed by atoms with Crippen molar-refractivity contribution in [2.24, 2.45) is 4.99 Å². The van der Waals surface area contributed by atoms with E-state index in [1.165, 1.54) is 14.8 Å². The Morgan fingerprint density at radius 3 is 2.65 bits per heavy atom. The van der Waals surface area contributed by atoms with Gasteiger partial charge < -0.3 is 14.4 Å². The maximum Gasteiger partial charge on any atom is 0.354 e. The molecule has 9 nitrogen and oxygen atoms in total. The molecule has 2 aromatic carbocycles. The standard InChI is InChI=1S/C27H23N5O4S/c1-29-13-12-25-20-16-8-9-18(35-2)21(20)36-22(25)27(28-15-37)11-10-26(25,19(29)14-16)31-23(33)30(24(34)32(27)31)17-6-4-3-5-7-17/h3-11,19,22H,12-14H2,1-2H3/t19-,22-,25+,26?,27?/m1/s1. The zero-order valence-electron chi connectivity index (χ0n) is 20.2. The van der Waals surface area contributed by atoms with Gasteiger partial charge in [-0.3, -0.25) is 0 Å². The van der Waals surface area contributed by atoms with Gasteiger partial charge in [0.1, 0.15) is 5.54 Å². The molecule has 1 aromatic heterocycles. The summed E-state index contributed by atoms with van der Waals surface area (Å²) in [5.41, 5.74) is -1.04. The number of methoxy groups -OCH3 is 1. The molecule has 10 heteroatoms. The number of ether oxygens (including phenoxy) is 2. The van der Waals surface area contributed by atoms with E-state index in [0.29, 0.717) is 30.0 Å². The van der Waals surface area contributed by atoms with Gasteiger partial charge >= 0.3 is 11.4 Å². The number of aliphatic imine (C=N–C) groups is 1. The van der Waals surface area contributed by atoms with Crippen LogP contribution in [0.1, 0.15) is 17.5 Å². The smallest absolute Gasteiger partial charge is 0.354 e. The van der Waals surface area contributed by atoms with Crippen LogP contribution in [0.15, 0.2) is 69.2 Å². The van der Waals surface area contributed by atoms with Crippen molar-refractivity contribution in [3.63, 3.8) is 0 Å². The zero-order chi connectivity index (χ0) is 25.3. The molecule has 0 radical (unpaired) electrons. The SMILES string of the molecule is COc1ccc2c3c1O[C@H]1C4(N=C=S)C=CC5([C@@H](C2)N(C)CC[C@]315)n1c(=O)n(-c2ccccc2)c(=O)n14. The minimum Gasteiger partial charge on any atom is -0.493 e. The molecule has 3 aromatic rings. The number of benzene rings is 2. The predicted molar refractivity (Wildman–Crippen MR) is 138 cm³/mol. The van der Waals surface area contributed by atoms with Gasteiger partial charge in [-0.15, -0.1) is 0 Å². The quantitative estimate of drug-likeness (QED) is 0.302. The number of para-hydroxylation sites is 1. The Morgan fingerprint density at radius 2 is 1.89 bits per heavy atom. The van der Waals surface area contributed by atoms with Gasteiger partial charge in [0.2, 0.25) is 5.66 Å². The molecular formula is C27H23N5O4S. The second kappa shape index (κ2) is 6.58. The number of hydrogen-bond acceptors (Lipinski definition) is 7. The second-order valence-electron chi connectivity index (χ2n) is 10.6. The highest BCUT2D eigenvalue weighted by molar-refractivity contribution is 7.78. The molecule has 186 valence electrons. The van der Waals surface area contributed by atoms with Crippen LogP contribution < -0.4 is 20.9 Å². The Labute approximate surface area is 216 Å². The molecule has 1 saturated heterocycles.